The molecule has 0 aromatic heterocycles. The zero-order chi connectivity index (χ0) is 32.3. The van der Waals surface area contributed by atoms with Gasteiger partial charge in [-0.2, -0.15) is 0 Å². The second-order valence-corrected chi connectivity index (χ2v) is 14.0. The molecule has 0 N–H and O–H groups in total. The predicted molar refractivity (Wildman–Crippen MR) is 199 cm³/mol. The van der Waals surface area contributed by atoms with Gasteiger partial charge in [0.25, 0.3) is 0 Å². The Kier molecular flexibility index (Phi) is 21.1. The number of hydrogen-bond acceptors (Lipinski definition) is 3. The van der Waals surface area contributed by atoms with E-state index in [1.54, 1.807) is 0 Å². The Morgan fingerprint density at radius 1 is 0.348 bits per heavy atom. The molecule has 0 aliphatic heterocycles. The van der Waals surface area contributed by atoms with E-state index in [9.17, 15) is 0 Å². The van der Waals surface area contributed by atoms with Crippen LogP contribution in [0.5, 0.6) is 17.2 Å². The normalized spacial score (nSPS) is 11.2. The molecule has 46 heavy (non-hydrogen) atoms. The molecule has 0 fully saturated rings. The van der Waals surface area contributed by atoms with E-state index in [-0.39, 0.29) is 0 Å². The van der Waals surface area contributed by atoms with Crippen molar-refractivity contribution in [1.82, 2.24) is 0 Å². The molecule has 3 nitrogen and oxygen atoms in total. The lowest BCUT2D eigenvalue weighted by molar-refractivity contribution is 0.388. The number of benzene rings is 3. The van der Waals surface area contributed by atoms with Gasteiger partial charge in [0, 0.05) is 0 Å². The number of rotatable bonds is 28. The van der Waals surface area contributed by atoms with E-state index in [1.165, 1.54) is 140 Å². The van der Waals surface area contributed by atoms with Crippen LogP contribution in [0.3, 0.4) is 0 Å². The second kappa shape index (κ2) is 25.6. The molecule has 3 rings (SSSR count). The molecule has 0 bridgehead atoms. The summed E-state index contributed by atoms with van der Waals surface area (Å²) in [6.45, 7) is 4.57. The van der Waals surface area contributed by atoms with Crippen molar-refractivity contribution < 1.29 is 13.6 Å². The van der Waals surface area contributed by atoms with Crippen molar-refractivity contribution >= 4 is 8.60 Å². The molecule has 0 radical (unpaired) electrons. The van der Waals surface area contributed by atoms with E-state index in [0.717, 1.165) is 30.1 Å². The van der Waals surface area contributed by atoms with Crippen LogP contribution in [0.2, 0.25) is 0 Å². The summed E-state index contributed by atoms with van der Waals surface area (Å²) in [6.07, 6.45) is 29.6. The molecule has 3 aromatic rings. The highest BCUT2D eigenvalue weighted by Gasteiger charge is 2.20. The van der Waals surface area contributed by atoms with E-state index >= 15 is 0 Å². The minimum atomic E-state index is -1.66. The molecule has 4 heteroatoms. The molecule has 0 aliphatic rings. The highest BCUT2D eigenvalue weighted by molar-refractivity contribution is 7.43. The average molecular weight is 647 g/mol. The van der Waals surface area contributed by atoms with E-state index in [0.29, 0.717) is 0 Å². The van der Waals surface area contributed by atoms with Gasteiger partial charge >= 0.3 is 8.60 Å². The Morgan fingerprint density at radius 2 is 0.652 bits per heavy atom. The predicted octanol–water partition coefficient (Wildman–Crippen LogP) is 14.4. The van der Waals surface area contributed by atoms with Crippen molar-refractivity contribution in [2.75, 3.05) is 0 Å². The first kappa shape index (κ1) is 37.9. The van der Waals surface area contributed by atoms with Crippen LogP contribution >= 0.6 is 8.60 Å². The van der Waals surface area contributed by atoms with Gasteiger partial charge in [-0.3, -0.25) is 0 Å². The maximum absolute atomic E-state index is 6.27. The molecule has 0 aliphatic carbocycles. The smallest absolute Gasteiger partial charge is 0.409 e. The third-order valence-corrected chi connectivity index (χ3v) is 9.85. The maximum atomic E-state index is 6.27. The SMILES string of the molecule is CCCCCCCCCCCCc1ccc(OP(Oc2ccccc2)Oc2ccc(CCCCCCCCCCCC)cc2)cc1. The van der Waals surface area contributed by atoms with E-state index in [4.69, 9.17) is 13.6 Å². The van der Waals surface area contributed by atoms with E-state index < -0.39 is 8.60 Å². The summed E-state index contributed by atoms with van der Waals surface area (Å²) in [5.41, 5.74) is 2.72. The first-order chi connectivity index (χ1) is 22.8. The minimum Gasteiger partial charge on any atom is -0.409 e. The molecule has 3 aromatic carbocycles. The van der Waals surface area contributed by atoms with Gasteiger partial charge in [0.1, 0.15) is 17.2 Å². The highest BCUT2D eigenvalue weighted by atomic mass is 31.2. The lowest BCUT2D eigenvalue weighted by Gasteiger charge is -2.18. The quantitative estimate of drug-likeness (QED) is 0.0580. The molecule has 254 valence electrons. The van der Waals surface area contributed by atoms with Crippen LogP contribution in [0.25, 0.3) is 0 Å². The number of unbranched alkanes of at least 4 members (excludes halogenated alkanes) is 18. The fraction of sp³-hybridized carbons (Fsp3) is 0.571. The van der Waals surface area contributed by atoms with Gasteiger partial charge < -0.3 is 13.6 Å². The molecular formula is C42H63O3P. The lowest BCUT2D eigenvalue weighted by atomic mass is 10.0. The fourth-order valence-electron chi connectivity index (χ4n) is 5.86. The van der Waals surface area contributed by atoms with E-state index in [2.05, 4.69) is 38.1 Å². The number of para-hydroxylation sites is 1. The molecule has 0 saturated carbocycles. The van der Waals surface area contributed by atoms with Gasteiger partial charge in [-0.15, -0.1) is 0 Å². The van der Waals surface area contributed by atoms with Crippen LogP contribution in [0.1, 0.15) is 153 Å². The molecular weight excluding hydrogens is 583 g/mol. The first-order valence-corrected chi connectivity index (χ1v) is 19.9. The van der Waals surface area contributed by atoms with Crippen LogP contribution in [0.4, 0.5) is 0 Å². The second-order valence-electron chi connectivity index (χ2n) is 13.0. The minimum absolute atomic E-state index is 0.740. The molecule has 0 unspecified atom stereocenters. The average Bonchev–Trinajstić information content (AvgIpc) is 3.08. The third-order valence-electron chi connectivity index (χ3n) is 8.77. The lowest BCUT2D eigenvalue weighted by Crippen LogP contribution is -2.02. The molecule has 0 amide bonds. The third kappa shape index (κ3) is 18.0. The summed E-state index contributed by atoms with van der Waals surface area (Å²) in [4.78, 5) is 0. The standard InChI is InChI=1S/C42H63O3P/c1-3-5-7-9-11-13-15-17-19-22-26-38-30-34-41(35-31-38)44-46(43-40-28-24-21-25-29-40)45-42-36-32-39(33-37-42)27-23-20-18-16-14-12-10-8-6-4-2/h21,24-25,28-37H,3-20,22-23,26-27H2,1-2H3. The summed E-state index contributed by atoms with van der Waals surface area (Å²) < 4.78 is 18.7. The van der Waals surface area contributed by atoms with Gasteiger partial charge in [0.05, 0.1) is 0 Å². The van der Waals surface area contributed by atoms with Gasteiger partial charge in [0.15, 0.2) is 0 Å². The Morgan fingerprint density at radius 3 is 1.00 bits per heavy atom. The zero-order valence-electron chi connectivity index (χ0n) is 29.2. The largest absolute Gasteiger partial charge is 0.530 e. The Labute approximate surface area is 283 Å². The van der Waals surface area contributed by atoms with E-state index in [1.807, 2.05) is 54.6 Å². The summed E-state index contributed by atoms with van der Waals surface area (Å²) in [5.74, 6) is 2.28. The molecule has 0 saturated heterocycles. The first-order valence-electron chi connectivity index (χ1n) is 18.8. The van der Waals surface area contributed by atoms with Crippen LogP contribution < -0.4 is 13.6 Å². The van der Waals surface area contributed by atoms with Crippen molar-refractivity contribution in [1.29, 1.82) is 0 Å². The topological polar surface area (TPSA) is 27.7 Å². The molecule has 0 spiro atoms. The fourth-order valence-corrected chi connectivity index (χ4v) is 6.86. The maximum Gasteiger partial charge on any atom is 0.530 e. The van der Waals surface area contributed by atoms with Crippen LogP contribution in [0, 0.1) is 0 Å². The van der Waals surface area contributed by atoms with Gasteiger partial charge in [-0.25, -0.2) is 0 Å². The van der Waals surface area contributed by atoms with Gasteiger partial charge in [-0.05, 0) is 73.2 Å². The van der Waals surface area contributed by atoms with Gasteiger partial charge in [0.2, 0.25) is 0 Å². The summed E-state index contributed by atoms with van der Waals surface area (Å²) in [6, 6.07) is 26.7. The Bertz CT molecular complexity index is 1030. The summed E-state index contributed by atoms with van der Waals surface area (Å²) >= 11 is 0. The van der Waals surface area contributed by atoms with Crippen LogP contribution in [-0.2, 0) is 12.8 Å². The molecule has 0 heterocycles. The van der Waals surface area contributed by atoms with Crippen LogP contribution in [-0.4, -0.2) is 0 Å². The highest BCUT2D eigenvalue weighted by Crippen LogP contribution is 2.42. The zero-order valence-corrected chi connectivity index (χ0v) is 30.1. The van der Waals surface area contributed by atoms with Crippen molar-refractivity contribution in [3.8, 4) is 17.2 Å². The number of aryl methyl sites for hydroxylation is 2. The van der Waals surface area contributed by atoms with Crippen LogP contribution in [0.15, 0.2) is 78.9 Å². The van der Waals surface area contributed by atoms with Crippen molar-refractivity contribution in [3.05, 3.63) is 90.0 Å². The van der Waals surface area contributed by atoms with Crippen molar-refractivity contribution in [2.45, 2.75) is 155 Å². The Balaban J connectivity index is 1.38. The summed E-state index contributed by atoms with van der Waals surface area (Å²) in [5, 5.41) is 0. The number of hydrogen-bond donors (Lipinski definition) is 0. The monoisotopic (exact) mass is 646 g/mol. The summed E-state index contributed by atoms with van der Waals surface area (Å²) in [7, 11) is -1.66. The van der Waals surface area contributed by atoms with Gasteiger partial charge in [-0.1, -0.05) is 172 Å². The van der Waals surface area contributed by atoms with Crippen molar-refractivity contribution in [3.63, 3.8) is 0 Å². The molecule has 0 atom stereocenters. The van der Waals surface area contributed by atoms with Crippen molar-refractivity contribution in [2.24, 2.45) is 0 Å². The Hall–Kier alpha value is -2.51.